The van der Waals surface area contributed by atoms with Crippen LogP contribution in [0.2, 0.25) is 5.02 Å². The van der Waals surface area contributed by atoms with Gasteiger partial charge in [0.25, 0.3) is 0 Å². The van der Waals surface area contributed by atoms with Crippen molar-refractivity contribution in [2.24, 2.45) is 0 Å². The molecule has 74 valence electrons. The molecule has 0 radical (unpaired) electrons. The van der Waals surface area contributed by atoms with E-state index in [0.29, 0.717) is 5.02 Å². The van der Waals surface area contributed by atoms with E-state index >= 15 is 0 Å². The van der Waals surface area contributed by atoms with Crippen molar-refractivity contribution in [2.45, 2.75) is 0 Å². The summed E-state index contributed by atoms with van der Waals surface area (Å²) in [5.74, 6) is 0. The lowest BCUT2D eigenvalue weighted by molar-refractivity contribution is 1.78. The zero-order valence-electron chi connectivity index (χ0n) is 7.49. The van der Waals surface area contributed by atoms with Crippen molar-refractivity contribution in [3.63, 3.8) is 0 Å². The third-order valence-electron chi connectivity index (χ3n) is 2.26. The van der Waals surface area contributed by atoms with Crippen LogP contribution in [-0.2, 0) is 0 Å². The largest absolute Gasteiger partial charge is 0.288 e. The Morgan fingerprint density at radius 1 is 1.13 bits per heavy atom. The molecule has 2 aromatic heterocycles. The van der Waals surface area contributed by atoms with E-state index in [-0.39, 0.29) is 5.43 Å². The van der Waals surface area contributed by atoms with Gasteiger partial charge in [-0.2, -0.15) is 0 Å². The summed E-state index contributed by atoms with van der Waals surface area (Å²) < 4.78 is 2.08. The summed E-state index contributed by atoms with van der Waals surface area (Å²) in [7, 11) is 0. The van der Waals surface area contributed by atoms with Gasteiger partial charge in [-0.25, -0.2) is 0 Å². The standard InChI is InChI=1S/C11H5ClOS2/c12-6-1-2-9-8(5-6)10(13)7-3-4-14-11(7)15-9/h1-5H. The highest BCUT2D eigenvalue weighted by Gasteiger charge is 2.06. The maximum atomic E-state index is 12.1. The van der Waals surface area contributed by atoms with Crippen LogP contribution in [0.15, 0.2) is 34.4 Å². The summed E-state index contributed by atoms with van der Waals surface area (Å²) in [6.07, 6.45) is 0. The molecular weight excluding hydrogens is 248 g/mol. The minimum absolute atomic E-state index is 0.0856. The van der Waals surface area contributed by atoms with E-state index in [2.05, 4.69) is 0 Å². The summed E-state index contributed by atoms with van der Waals surface area (Å²) in [6.45, 7) is 0. The molecule has 1 nitrogen and oxygen atoms in total. The first-order chi connectivity index (χ1) is 7.25. The van der Waals surface area contributed by atoms with Gasteiger partial charge in [-0.3, -0.25) is 4.79 Å². The van der Waals surface area contributed by atoms with Crippen LogP contribution in [0.5, 0.6) is 0 Å². The number of hydrogen-bond acceptors (Lipinski definition) is 3. The molecule has 0 fully saturated rings. The molecule has 0 spiro atoms. The number of thiophene rings is 1. The van der Waals surface area contributed by atoms with Gasteiger partial charge in [-0.15, -0.1) is 22.7 Å². The molecule has 0 saturated carbocycles. The van der Waals surface area contributed by atoms with E-state index in [0.717, 1.165) is 19.5 Å². The molecule has 3 aromatic rings. The van der Waals surface area contributed by atoms with Gasteiger partial charge >= 0.3 is 0 Å². The van der Waals surface area contributed by atoms with Gasteiger partial charge in [0, 0.05) is 15.1 Å². The van der Waals surface area contributed by atoms with Crippen LogP contribution >= 0.6 is 34.3 Å². The van der Waals surface area contributed by atoms with Crippen LogP contribution in [0, 0.1) is 0 Å². The summed E-state index contributed by atoms with van der Waals surface area (Å²) in [6, 6.07) is 7.34. The first-order valence-electron chi connectivity index (χ1n) is 4.35. The fourth-order valence-electron chi connectivity index (χ4n) is 1.56. The maximum absolute atomic E-state index is 12.1. The smallest absolute Gasteiger partial charge is 0.196 e. The zero-order chi connectivity index (χ0) is 10.4. The zero-order valence-corrected chi connectivity index (χ0v) is 9.88. The molecule has 0 atom stereocenters. The monoisotopic (exact) mass is 252 g/mol. The molecule has 0 aliphatic heterocycles. The summed E-state index contributed by atoms with van der Waals surface area (Å²) in [4.78, 5) is 12.1. The van der Waals surface area contributed by atoms with Crippen molar-refractivity contribution in [2.75, 3.05) is 0 Å². The molecule has 0 aliphatic rings. The normalized spacial score (nSPS) is 11.3. The first kappa shape index (κ1) is 9.33. The second-order valence-electron chi connectivity index (χ2n) is 3.19. The van der Waals surface area contributed by atoms with Crippen LogP contribution in [0.4, 0.5) is 0 Å². The molecule has 4 heteroatoms. The molecule has 3 rings (SSSR count). The van der Waals surface area contributed by atoms with Crippen LogP contribution < -0.4 is 5.43 Å². The molecule has 0 aliphatic carbocycles. The Kier molecular flexibility index (Phi) is 2.06. The lowest BCUT2D eigenvalue weighted by Gasteiger charge is -1.97. The SMILES string of the molecule is O=c1c2cc(Cl)ccc2sc2sccc12. The number of rotatable bonds is 0. The molecule has 0 unspecified atom stereocenters. The van der Waals surface area contributed by atoms with Crippen molar-refractivity contribution in [3.05, 3.63) is 44.9 Å². The highest BCUT2D eigenvalue weighted by molar-refractivity contribution is 7.40. The number of fused-ring (bicyclic) bond motifs is 2. The van der Waals surface area contributed by atoms with Gasteiger partial charge in [0.2, 0.25) is 0 Å². The fourth-order valence-corrected chi connectivity index (χ4v) is 3.84. The first-order valence-corrected chi connectivity index (χ1v) is 6.43. The Bertz CT molecular complexity index is 711. The highest BCUT2D eigenvalue weighted by Crippen LogP contribution is 2.29. The topological polar surface area (TPSA) is 17.1 Å². The average molecular weight is 253 g/mol. The minimum Gasteiger partial charge on any atom is -0.288 e. The number of hydrogen-bond donors (Lipinski definition) is 0. The van der Waals surface area contributed by atoms with E-state index in [4.69, 9.17) is 11.6 Å². The van der Waals surface area contributed by atoms with E-state index in [9.17, 15) is 4.79 Å². The second kappa shape index (κ2) is 3.30. The summed E-state index contributed by atoms with van der Waals surface area (Å²) in [5.41, 5.74) is 0.0856. The van der Waals surface area contributed by atoms with Crippen molar-refractivity contribution in [1.29, 1.82) is 0 Å². The van der Waals surface area contributed by atoms with Crippen LogP contribution in [-0.4, -0.2) is 0 Å². The van der Waals surface area contributed by atoms with Gasteiger partial charge in [0.05, 0.1) is 9.40 Å². The fraction of sp³-hybridized carbons (Fsp3) is 0. The van der Waals surface area contributed by atoms with E-state index in [1.54, 1.807) is 28.7 Å². The van der Waals surface area contributed by atoms with Gasteiger partial charge in [0.15, 0.2) is 5.43 Å². The third-order valence-corrected chi connectivity index (χ3v) is 4.72. The molecule has 0 saturated heterocycles. The molecule has 0 bridgehead atoms. The van der Waals surface area contributed by atoms with Gasteiger partial charge in [0.1, 0.15) is 0 Å². The predicted molar refractivity (Wildman–Crippen MR) is 68.5 cm³/mol. The van der Waals surface area contributed by atoms with E-state index in [1.165, 1.54) is 0 Å². The van der Waals surface area contributed by atoms with Crippen molar-refractivity contribution < 1.29 is 0 Å². The van der Waals surface area contributed by atoms with Crippen molar-refractivity contribution in [1.82, 2.24) is 0 Å². The molecule has 2 heterocycles. The highest BCUT2D eigenvalue weighted by atomic mass is 35.5. The van der Waals surface area contributed by atoms with Crippen LogP contribution in [0.25, 0.3) is 19.5 Å². The number of halogens is 1. The lowest BCUT2D eigenvalue weighted by atomic mass is 10.2. The molecule has 0 N–H and O–H groups in total. The van der Waals surface area contributed by atoms with Crippen LogP contribution in [0.1, 0.15) is 0 Å². The molecule has 1 aromatic carbocycles. The minimum atomic E-state index is 0.0856. The van der Waals surface area contributed by atoms with Crippen molar-refractivity contribution >= 4 is 53.8 Å². The molecule has 0 amide bonds. The Balaban J connectivity index is 2.64. The maximum Gasteiger partial charge on any atom is 0.196 e. The van der Waals surface area contributed by atoms with Gasteiger partial charge < -0.3 is 0 Å². The Morgan fingerprint density at radius 2 is 2.00 bits per heavy atom. The van der Waals surface area contributed by atoms with Crippen molar-refractivity contribution in [3.8, 4) is 0 Å². The lowest BCUT2D eigenvalue weighted by Crippen LogP contribution is -1.98. The van der Waals surface area contributed by atoms with E-state index in [1.807, 2.05) is 23.6 Å². The average Bonchev–Trinajstić information content (AvgIpc) is 2.68. The third kappa shape index (κ3) is 1.39. The Morgan fingerprint density at radius 3 is 2.87 bits per heavy atom. The van der Waals surface area contributed by atoms with Gasteiger partial charge in [-0.1, -0.05) is 11.6 Å². The predicted octanol–water partition coefficient (Wildman–Crippen LogP) is 4.13. The summed E-state index contributed by atoms with van der Waals surface area (Å²) >= 11 is 9.13. The molecule has 15 heavy (non-hydrogen) atoms. The second-order valence-corrected chi connectivity index (χ2v) is 5.86. The molecular formula is C11H5ClOS2. The summed E-state index contributed by atoms with van der Waals surface area (Å²) in [5, 5.41) is 4.09. The Hall–Kier alpha value is -0.900. The van der Waals surface area contributed by atoms with Gasteiger partial charge in [-0.05, 0) is 29.6 Å². The van der Waals surface area contributed by atoms with Crippen LogP contribution in [0.3, 0.4) is 0 Å². The Labute approximate surface area is 98.6 Å². The quantitative estimate of drug-likeness (QED) is 0.588. The number of benzene rings is 1. The van der Waals surface area contributed by atoms with E-state index < -0.39 is 0 Å².